The lowest BCUT2D eigenvalue weighted by atomic mass is 10.0. The van der Waals surface area contributed by atoms with Crippen molar-refractivity contribution in [2.24, 2.45) is 0 Å². The monoisotopic (exact) mass is 268 g/mol. The number of benzene rings is 1. The minimum Gasteiger partial charge on any atom is -0.256 e. The third kappa shape index (κ3) is 4.96. The highest BCUT2D eigenvalue weighted by Crippen LogP contribution is 2.15. The molecule has 0 fully saturated rings. The van der Waals surface area contributed by atoms with Crippen molar-refractivity contribution in [2.75, 3.05) is 0 Å². The molecule has 2 aromatic rings. The molecule has 107 valence electrons. The molecule has 1 aromatic heterocycles. The Morgan fingerprint density at radius 2 is 1.60 bits per heavy atom. The summed E-state index contributed by atoms with van der Waals surface area (Å²) in [6.07, 6.45) is 14.1. The van der Waals surface area contributed by atoms with Crippen LogP contribution in [0.1, 0.15) is 63.9 Å². The van der Waals surface area contributed by atoms with Crippen LogP contribution in [0.5, 0.6) is 0 Å². The Morgan fingerprint density at radius 3 is 2.40 bits per heavy atom. The molecule has 0 amide bonds. The number of nitrogens with zero attached hydrogens (tertiary/aromatic N) is 1. The molecule has 1 aromatic carbocycles. The number of rotatable bonds is 9. The zero-order valence-electron chi connectivity index (χ0n) is 12.7. The molecule has 0 aliphatic heterocycles. The van der Waals surface area contributed by atoms with Gasteiger partial charge in [-0.15, -0.1) is 0 Å². The van der Waals surface area contributed by atoms with Crippen LogP contribution in [-0.2, 0) is 6.42 Å². The lowest BCUT2D eigenvalue weighted by Crippen LogP contribution is -1.89. The maximum absolute atomic E-state index is 4.50. The van der Waals surface area contributed by atoms with Gasteiger partial charge in [-0.05, 0) is 30.5 Å². The first-order valence-corrected chi connectivity index (χ1v) is 8.16. The summed E-state index contributed by atoms with van der Waals surface area (Å²) in [6, 6.07) is 11.7. The van der Waals surface area contributed by atoms with Gasteiger partial charge >= 0.3 is 0 Å². The molecule has 0 saturated carbocycles. The Kier molecular flexibility index (Phi) is 6.56. The summed E-state index contributed by atoms with van der Waals surface area (Å²) in [5.41, 5.74) is 2.31. The van der Waals surface area contributed by atoms with Crippen molar-refractivity contribution in [3.8, 4) is 0 Å². The number of pyridine rings is 1. The van der Waals surface area contributed by atoms with Gasteiger partial charge in [0.15, 0.2) is 0 Å². The molecule has 0 saturated heterocycles. The molecular weight excluding hydrogens is 242 g/mol. The first-order valence-electron chi connectivity index (χ1n) is 8.16. The van der Waals surface area contributed by atoms with Crippen LogP contribution in [0.4, 0.5) is 0 Å². The first kappa shape index (κ1) is 15.0. The first-order chi connectivity index (χ1) is 9.90. The Morgan fingerprint density at radius 1 is 0.900 bits per heavy atom. The fourth-order valence-electron chi connectivity index (χ4n) is 2.62. The fourth-order valence-corrected chi connectivity index (χ4v) is 2.62. The van der Waals surface area contributed by atoms with Crippen molar-refractivity contribution in [3.05, 3.63) is 42.1 Å². The second-order valence-electron chi connectivity index (χ2n) is 5.65. The molecule has 1 heteroatoms. The van der Waals surface area contributed by atoms with Gasteiger partial charge in [-0.25, -0.2) is 0 Å². The number of aromatic nitrogens is 1. The van der Waals surface area contributed by atoms with Crippen molar-refractivity contribution in [1.82, 2.24) is 4.98 Å². The molecule has 1 radical (unpaired) electrons. The van der Waals surface area contributed by atoms with Crippen LogP contribution >= 0.6 is 0 Å². The second-order valence-corrected chi connectivity index (χ2v) is 5.65. The van der Waals surface area contributed by atoms with Crippen molar-refractivity contribution < 1.29 is 0 Å². The Labute approximate surface area is 123 Å². The largest absolute Gasteiger partial charge is 0.256 e. The summed E-state index contributed by atoms with van der Waals surface area (Å²) in [7, 11) is 0. The fraction of sp³-hybridized carbons (Fsp3) is 0.526. The minimum atomic E-state index is 1.05. The van der Waals surface area contributed by atoms with E-state index in [1.54, 1.807) is 0 Å². The number of hydrogen-bond donors (Lipinski definition) is 0. The summed E-state index contributed by atoms with van der Waals surface area (Å²) in [6.45, 7) is 2.27. The number of hydrogen-bond acceptors (Lipinski definition) is 1. The van der Waals surface area contributed by atoms with Gasteiger partial charge < -0.3 is 0 Å². The molecule has 1 nitrogen and oxygen atoms in total. The van der Waals surface area contributed by atoms with Crippen molar-refractivity contribution in [3.63, 3.8) is 0 Å². The molecule has 0 N–H and O–H groups in total. The number of aryl methyl sites for hydroxylation is 1. The van der Waals surface area contributed by atoms with Crippen LogP contribution in [0.25, 0.3) is 10.9 Å². The van der Waals surface area contributed by atoms with Gasteiger partial charge in [0, 0.05) is 11.6 Å². The highest BCUT2D eigenvalue weighted by atomic mass is 14.6. The molecule has 0 atom stereocenters. The van der Waals surface area contributed by atoms with E-state index in [0.29, 0.717) is 0 Å². The Bertz CT molecular complexity index is 504. The van der Waals surface area contributed by atoms with E-state index in [-0.39, 0.29) is 0 Å². The second kappa shape index (κ2) is 8.73. The predicted octanol–water partition coefficient (Wildman–Crippen LogP) is 5.72. The summed E-state index contributed by atoms with van der Waals surface area (Å²) in [5.74, 6) is 0. The van der Waals surface area contributed by atoms with Crippen molar-refractivity contribution >= 4 is 10.9 Å². The third-order valence-corrected chi connectivity index (χ3v) is 3.86. The van der Waals surface area contributed by atoms with E-state index in [1.807, 2.05) is 18.3 Å². The van der Waals surface area contributed by atoms with Crippen LogP contribution in [0.15, 0.2) is 30.5 Å². The smallest absolute Gasteiger partial charge is 0.0708 e. The van der Waals surface area contributed by atoms with Gasteiger partial charge in [0.2, 0.25) is 0 Å². The average molecular weight is 268 g/mol. The van der Waals surface area contributed by atoms with E-state index < -0.39 is 0 Å². The molecule has 0 unspecified atom stereocenters. The van der Waals surface area contributed by atoms with E-state index in [2.05, 4.69) is 30.1 Å². The van der Waals surface area contributed by atoms with E-state index in [1.165, 1.54) is 56.9 Å². The van der Waals surface area contributed by atoms with Gasteiger partial charge in [-0.3, -0.25) is 4.98 Å². The number of unbranched alkanes of at least 4 members (excludes halogenated alkanes) is 7. The van der Waals surface area contributed by atoms with Crippen molar-refractivity contribution in [2.45, 2.75) is 64.7 Å². The van der Waals surface area contributed by atoms with E-state index in [9.17, 15) is 0 Å². The van der Waals surface area contributed by atoms with Gasteiger partial charge in [0.05, 0.1) is 5.52 Å². The highest BCUT2D eigenvalue weighted by molar-refractivity contribution is 5.77. The SMILES string of the molecule is CCCCCCCCCCc1[c]c2ccccc2nc1. The predicted molar refractivity (Wildman–Crippen MR) is 86.9 cm³/mol. The zero-order valence-corrected chi connectivity index (χ0v) is 12.7. The lowest BCUT2D eigenvalue weighted by Gasteiger charge is -2.03. The van der Waals surface area contributed by atoms with Crippen LogP contribution in [-0.4, -0.2) is 4.98 Å². The van der Waals surface area contributed by atoms with Crippen LogP contribution in [0.3, 0.4) is 0 Å². The lowest BCUT2D eigenvalue weighted by molar-refractivity contribution is 0.575. The molecule has 2 rings (SSSR count). The molecule has 20 heavy (non-hydrogen) atoms. The number of para-hydroxylation sites is 1. The Hall–Kier alpha value is -1.37. The standard InChI is InChI=1S/C19H26N/c1-2-3-4-5-6-7-8-9-12-17-15-18-13-10-11-14-19(18)20-16-17/h10-11,13-14,16H,2-9,12H2,1H3. The van der Waals surface area contributed by atoms with Gasteiger partial charge in [-0.1, -0.05) is 70.1 Å². The van der Waals surface area contributed by atoms with E-state index in [4.69, 9.17) is 0 Å². The maximum Gasteiger partial charge on any atom is 0.0708 e. The molecule has 0 bridgehead atoms. The van der Waals surface area contributed by atoms with Gasteiger partial charge in [0.25, 0.3) is 0 Å². The van der Waals surface area contributed by atoms with Crippen LogP contribution < -0.4 is 0 Å². The molecular formula is C19H26N. The highest BCUT2D eigenvalue weighted by Gasteiger charge is 1.98. The van der Waals surface area contributed by atoms with Gasteiger partial charge in [-0.2, -0.15) is 0 Å². The number of fused-ring (bicyclic) bond motifs is 1. The average Bonchev–Trinajstić information content (AvgIpc) is 2.50. The summed E-state index contributed by atoms with van der Waals surface area (Å²) >= 11 is 0. The quantitative estimate of drug-likeness (QED) is 0.530. The van der Waals surface area contributed by atoms with Crippen LogP contribution in [0, 0.1) is 6.07 Å². The normalized spacial score (nSPS) is 11.1. The molecule has 0 spiro atoms. The Balaban J connectivity index is 1.65. The van der Waals surface area contributed by atoms with E-state index in [0.717, 1.165) is 17.3 Å². The topological polar surface area (TPSA) is 12.9 Å². The van der Waals surface area contributed by atoms with Gasteiger partial charge in [0.1, 0.15) is 0 Å². The zero-order chi connectivity index (χ0) is 14.0. The molecule has 0 aliphatic rings. The van der Waals surface area contributed by atoms with Crippen molar-refractivity contribution in [1.29, 1.82) is 0 Å². The maximum atomic E-state index is 4.50. The minimum absolute atomic E-state index is 1.05. The summed E-state index contributed by atoms with van der Waals surface area (Å²) in [4.78, 5) is 4.50. The summed E-state index contributed by atoms with van der Waals surface area (Å²) < 4.78 is 0. The van der Waals surface area contributed by atoms with E-state index >= 15 is 0 Å². The molecule has 1 heterocycles. The third-order valence-electron chi connectivity index (χ3n) is 3.86. The molecule has 0 aliphatic carbocycles. The van der Waals surface area contributed by atoms with Crippen LogP contribution in [0.2, 0.25) is 0 Å². The summed E-state index contributed by atoms with van der Waals surface area (Å²) in [5, 5.41) is 1.14.